The molecular weight excluding hydrogens is 252 g/mol. The Labute approximate surface area is 108 Å². The van der Waals surface area contributed by atoms with Crippen molar-refractivity contribution >= 4 is 10.0 Å². The van der Waals surface area contributed by atoms with Crippen LogP contribution in [0.3, 0.4) is 0 Å². The average molecular weight is 272 g/mol. The van der Waals surface area contributed by atoms with Crippen molar-refractivity contribution in [3.05, 3.63) is 11.4 Å². The summed E-state index contributed by atoms with van der Waals surface area (Å²) in [6, 6.07) is 0.0958. The maximum Gasteiger partial charge on any atom is 0.247 e. The number of piperazine rings is 1. The Morgan fingerprint density at radius 3 is 2.56 bits per heavy atom. The predicted molar refractivity (Wildman–Crippen MR) is 68.9 cm³/mol. The minimum Gasteiger partial charge on any atom is -0.311 e. The number of rotatable bonds is 2. The maximum absolute atomic E-state index is 12.7. The van der Waals surface area contributed by atoms with Crippen molar-refractivity contribution in [3.63, 3.8) is 0 Å². The highest BCUT2D eigenvalue weighted by Crippen LogP contribution is 2.25. The Bertz CT molecular complexity index is 518. The van der Waals surface area contributed by atoms with Crippen LogP contribution < -0.4 is 5.32 Å². The van der Waals surface area contributed by atoms with Gasteiger partial charge in [0.05, 0.1) is 11.4 Å². The fraction of sp³-hybridized carbons (Fsp3) is 0.727. The second-order valence-electron chi connectivity index (χ2n) is 4.86. The van der Waals surface area contributed by atoms with Crippen molar-refractivity contribution in [2.45, 2.75) is 44.7 Å². The summed E-state index contributed by atoms with van der Waals surface area (Å²) in [6.07, 6.45) is 0. The molecule has 2 unspecified atom stereocenters. The Hall–Kier alpha value is -0.920. The third-order valence-electron chi connectivity index (χ3n) is 3.60. The van der Waals surface area contributed by atoms with Crippen LogP contribution in [0.5, 0.6) is 0 Å². The molecule has 0 radical (unpaired) electrons. The Kier molecular flexibility index (Phi) is 3.48. The van der Waals surface area contributed by atoms with E-state index in [9.17, 15) is 8.42 Å². The van der Waals surface area contributed by atoms with E-state index in [1.165, 1.54) is 0 Å². The molecule has 6 nitrogen and oxygen atoms in total. The van der Waals surface area contributed by atoms with Crippen LogP contribution in [0.1, 0.15) is 25.2 Å². The zero-order valence-electron chi connectivity index (χ0n) is 11.2. The minimum absolute atomic E-state index is 0.0579. The molecule has 2 rings (SSSR count). The number of sulfonamides is 1. The molecule has 18 heavy (non-hydrogen) atoms. The summed E-state index contributed by atoms with van der Waals surface area (Å²) in [4.78, 5) is 0.323. The fourth-order valence-corrected chi connectivity index (χ4v) is 4.44. The summed E-state index contributed by atoms with van der Waals surface area (Å²) >= 11 is 0. The van der Waals surface area contributed by atoms with Gasteiger partial charge in [-0.25, -0.2) is 8.42 Å². The lowest BCUT2D eigenvalue weighted by Crippen LogP contribution is -2.57. The molecule has 1 aliphatic rings. The number of aryl methyl sites for hydroxylation is 2. The molecule has 1 saturated heterocycles. The molecular formula is C11H20N4O2S. The standard InChI is InChI=1S/C11H20N4O2S/c1-7-10(4)15(6-5-12-7)18(16,17)11-8(2)13-14-9(11)3/h7,10,12H,5-6H2,1-4H3,(H,13,14). The van der Waals surface area contributed by atoms with E-state index in [2.05, 4.69) is 15.5 Å². The van der Waals surface area contributed by atoms with Crippen LogP contribution in [0.2, 0.25) is 0 Å². The molecule has 102 valence electrons. The van der Waals surface area contributed by atoms with Crippen LogP contribution in [-0.4, -0.2) is 48.1 Å². The quantitative estimate of drug-likeness (QED) is 0.817. The van der Waals surface area contributed by atoms with E-state index in [0.717, 1.165) is 0 Å². The van der Waals surface area contributed by atoms with Gasteiger partial charge in [0.15, 0.2) is 0 Å². The van der Waals surface area contributed by atoms with E-state index in [1.54, 1.807) is 18.2 Å². The molecule has 1 aliphatic heterocycles. The highest BCUT2D eigenvalue weighted by molar-refractivity contribution is 7.89. The SMILES string of the molecule is Cc1n[nH]c(C)c1S(=O)(=O)N1CCNC(C)C1C. The van der Waals surface area contributed by atoms with Gasteiger partial charge in [0.2, 0.25) is 10.0 Å². The van der Waals surface area contributed by atoms with E-state index in [4.69, 9.17) is 0 Å². The van der Waals surface area contributed by atoms with Gasteiger partial charge in [-0.3, -0.25) is 5.10 Å². The summed E-state index contributed by atoms with van der Waals surface area (Å²) in [7, 11) is -3.46. The number of aromatic nitrogens is 2. The van der Waals surface area contributed by atoms with Crippen molar-refractivity contribution in [3.8, 4) is 0 Å². The number of nitrogens with zero attached hydrogens (tertiary/aromatic N) is 2. The van der Waals surface area contributed by atoms with Crippen molar-refractivity contribution in [1.29, 1.82) is 0 Å². The summed E-state index contributed by atoms with van der Waals surface area (Å²) < 4.78 is 26.9. The summed E-state index contributed by atoms with van der Waals surface area (Å²) in [5.74, 6) is 0. The van der Waals surface area contributed by atoms with Gasteiger partial charge in [-0.2, -0.15) is 9.40 Å². The van der Waals surface area contributed by atoms with E-state index < -0.39 is 10.0 Å². The van der Waals surface area contributed by atoms with Gasteiger partial charge in [-0.1, -0.05) is 0 Å². The molecule has 0 amide bonds. The first-order valence-corrected chi connectivity index (χ1v) is 7.56. The molecule has 2 heterocycles. The summed E-state index contributed by atoms with van der Waals surface area (Å²) in [6.45, 7) is 8.56. The van der Waals surface area contributed by atoms with Crippen molar-refractivity contribution in [2.24, 2.45) is 0 Å². The molecule has 0 saturated carbocycles. The molecule has 1 aromatic rings. The predicted octanol–water partition coefficient (Wildman–Crippen LogP) is 0.397. The van der Waals surface area contributed by atoms with Crippen LogP contribution >= 0.6 is 0 Å². The van der Waals surface area contributed by atoms with Gasteiger partial charge in [0.25, 0.3) is 0 Å². The van der Waals surface area contributed by atoms with Crippen LogP contribution in [0.25, 0.3) is 0 Å². The lowest BCUT2D eigenvalue weighted by atomic mass is 10.1. The number of aromatic amines is 1. The average Bonchev–Trinajstić information content (AvgIpc) is 2.62. The second kappa shape index (κ2) is 4.64. The van der Waals surface area contributed by atoms with Crippen molar-refractivity contribution in [2.75, 3.05) is 13.1 Å². The largest absolute Gasteiger partial charge is 0.311 e. The molecule has 0 aromatic carbocycles. The molecule has 2 N–H and O–H groups in total. The fourth-order valence-electron chi connectivity index (χ4n) is 2.40. The highest BCUT2D eigenvalue weighted by atomic mass is 32.2. The lowest BCUT2D eigenvalue weighted by molar-refractivity contribution is 0.232. The smallest absolute Gasteiger partial charge is 0.247 e. The summed E-state index contributed by atoms with van der Waals surface area (Å²) in [5.41, 5.74) is 1.14. The normalized spacial score (nSPS) is 26.4. The monoisotopic (exact) mass is 272 g/mol. The number of nitrogens with one attached hydrogen (secondary N) is 2. The first-order valence-electron chi connectivity index (χ1n) is 6.12. The molecule has 7 heteroatoms. The molecule has 0 spiro atoms. The van der Waals surface area contributed by atoms with Gasteiger partial charge >= 0.3 is 0 Å². The molecule has 0 bridgehead atoms. The Balaban J connectivity index is 2.43. The van der Waals surface area contributed by atoms with Gasteiger partial charge in [-0.05, 0) is 27.7 Å². The van der Waals surface area contributed by atoms with E-state index >= 15 is 0 Å². The zero-order chi connectivity index (χ0) is 13.5. The molecule has 2 atom stereocenters. The zero-order valence-corrected chi connectivity index (χ0v) is 12.0. The summed E-state index contributed by atoms with van der Waals surface area (Å²) in [5, 5.41) is 9.99. The highest BCUT2D eigenvalue weighted by Gasteiger charge is 2.36. The van der Waals surface area contributed by atoms with Crippen LogP contribution in [0, 0.1) is 13.8 Å². The number of hydrogen-bond donors (Lipinski definition) is 2. The third-order valence-corrected chi connectivity index (χ3v) is 5.85. The van der Waals surface area contributed by atoms with Gasteiger partial charge in [-0.15, -0.1) is 0 Å². The first kappa shape index (κ1) is 13.5. The van der Waals surface area contributed by atoms with Crippen molar-refractivity contribution in [1.82, 2.24) is 19.8 Å². The van der Waals surface area contributed by atoms with Gasteiger partial charge in [0, 0.05) is 25.2 Å². The first-order chi connectivity index (χ1) is 8.35. The molecule has 0 aliphatic carbocycles. The molecule has 1 aromatic heterocycles. The minimum atomic E-state index is -3.46. The van der Waals surface area contributed by atoms with Crippen LogP contribution in [-0.2, 0) is 10.0 Å². The van der Waals surface area contributed by atoms with E-state index in [1.807, 2.05) is 13.8 Å². The van der Waals surface area contributed by atoms with Gasteiger partial charge < -0.3 is 5.32 Å². The topological polar surface area (TPSA) is 78.1 Å². The number of hydrogen-bond acceptors (Lipinski definition) is 4. The second-order valence-corrected chi connectivity index (χ2v) is 6.69. The van der Waals surface area contributed by atoms with Gasteiger partial charge in [0.1, 0.15) is 4.90 Å². The van der Waals surface area contributed by atoms with Crippen molar-refractivity contribution < 1.29 is 8.42 Å². The molecule has 1 fully saturated rings. The van der Waals surface area contributed by atoms with Crippen LogP contribution in [0.4, 0.5) is 0 Å². The van der Waals surface area contributed by atoms with E-state index in [-0.39, 0.29) is 12.1 Å². The van der Waals surface area contributed by atoms with Crippen LogP contribution in [0.15, 0.2) is 4.90 Å². The number of H-pyrrole nitrogens is 1. The van der Waals surface area contributed by atoms with E-state index in [0.29, 0.717) is 29.4 Å². The Morgan fingerprint density at radius 1 is 1.33 bits per heavy atom. The lowest BCUT2D eigenvalue weighted by Gasteiger charge is -2.37. The third kappa shape index (κ3) is 2.06. The Morgan fingerprint density at radius 2 is 2.00 bits per heavy atom. The maximum atomic E-state index is 12.7.